The van der Waals surface area contributed by atoms with Crippen molar-refractivity contribution in [1.29, 1.82) is 0 Å². The summed E-state index contributed by atoms with van der Waals surface area (Å²) in [5, 5.41) is 3.94. The number of ether oxygens (including phenoxy) is 2. The third-order valence-corrected chi connectivity index (χ3v) is 4.03. The van der Waals surface area contributed by atoms with E-state index in [1.165, 1.54) is 5.56 Å². The number of hydrogen-bond acceptors (Lipinski definition) is 3. The molecule has 5 heteroatoms. The van der Waals surface area contributed by atoms with Crippen LogP contribution >= 0.6 is 0 Å². The zero-order valence-electron chi connectivity index (χ0n) is 14.7. The van der Waals surface area contributed by atoms with E-state index in [2.05, 4.69) is 16.4 Å². The van der Waals surface area contributed by atoms with Gasteiger partial charge in [0.25, 0.3) is 5.91 Å². The fourth-order valence-corrected chi connectivity index (χ4v) is 2.84. The molecule has 2 N–H and O–H groups in total. The number of carbonyl (C=O) groups excluding carboxylic acids is 1. The van der Waals surface area contributed by atoms with Crippen molar-refractivity contribution < 1.29 is 14.3 Å². The SMILES string of the molecule is COc1cccc(OCCNC(=O)c2cc3c(C)cc(C)cc3[nH]2)c1. The maximum Gasteiger partial charge on any atom is 0.267 e. The van der Waals surface area contributed by atoms with Gasteiger partial charge in [0.1, 0.15) is 23.8 Å². The fraction of sp³-hybridized carbons (Fsp3) is 0.250. The first-order valence-corrected chi connectivity index (χ1v) is 8.22. The molecule has 0 unspecified atom stereocenters. The van der Waals surface area contributed by atoms with Gasteiger partial charge in [0.2, 0.25) is 0 Å². The lowest BCUT2D eigenvalue weighted by Gasteiger charge is -2.08. The number of fused-ring (bicyclic) bond motifs is 1. The van der Waals surface area contributed by atoms with Crippen molar-refractivity contribution in [2.45, 2.75) is 13.8 Å². The van der Waals surface area contributed by atoms with E-state index >= 15 is 0 Å². The molecule has 1 aromatic heterocycles. The summed E-state index contributed by atoms with van der Waals surface area (Å²) in [5.74, 6) is 1.32. The van der Waals surface area contributed by atoms with Crippen molar-refractivity contribution in [2.75, 3.05) is 20.3 Å². The number of amides is 1. The summed E-state index contributed by atoms with van der Waals surface area (Å²) in [6.45, 7) is 4.90. The van der Waals surface area contributed by atoms with Gasteiger partial charge in [0, 0.05) is 17.0 Å². The highest BCUT2D eigenvalue weighted by molar-refractivity contribution is 5.98. The van der Waals surface area contributed by atoms with E-state index in [1.807, 2.05) is 50.2 Å². The number of aromatic amines is 1. The van der Waals surface area contributed by atoms with Crippen LogP contribution in [0, 0.1) is 13.8 Å². The second-order valence-corrected chi connectivity index (χ2v) is 6.01. The Hall–Kier alpha value is -2.95. The van der Waals surface area contributed by atoms with Gasteiger partial charge in [-0.3, -0.25) is 4.79 Å². The molecule has 0 fully saturated rings. The summed E-state index contributed by atoms with van der Waals surface area (Å²) in [7, 11) is 1.61. The van der Waals surface area contributed by atoms with Crippen LogP contribution in [0.4, 0.5) is 0 Å². The Morgan fingerprint density at radius 1 is 1.12 bits per heavy atom. The van der Waals surface area contributed by atoms with E-state index < -0.39 is 0 Å². The van der Waals surface area contributed by atoms with Crippen molar-refractivity contribution in [3.05, 3.63) is 59.3 Å². The molecule has 0 radical (unpaired) electrons. The average Bonchev–Trinajstić information content (AvgIpc) is 3.03. The minimum atomic E-state index is -0.137. The van der Waals surface area contributed by atoms with E-state index in [0.29, 0.717) is 24.6 Å². The van der Waals surface area contributed by atoms with Gasteiger partial charge < -0.3 is 19.8 Å². The van der Waals surface area contributed by atoms with Crippen LogP contribution in [0.3, 0.4) is 0 Å². The highest BCUT2D eigenvalue weighted by atomic mass is 16.5. The van der Waals surface area contributed by atoms with Crippen LogP contribution in [-0.4, -0.2) is 31.2 Å². The largest absolute Gasteiger partial charge is 0.497 e. The molecule has 0 spiro atoms. The van der Waals surface area contributed by atoms with Gasteiger partial charge in [-0.25, -0.2) is 0 Å². The first-order chi connectivity index (χ1) is 12.1. The number of benzene rings is 2. The average molecular weight is 338 g/mol. The summed E-state index contributed by atoms with van der Waals surface area (Å²) < 4.78 is 10.8. The quantitative estimate of drug-likeness (QED) is 0.675. The molecule has 130 valence electrons. The summed E-state index contributed by atoms with van der Waals surface area (Å²) in [6.07, 6.45) is 0. The van der Waals surface area contributed by atoms with Crippen LogP contribution in [-0.2, 0) is 0 Å². The normalized spacial score (nSPS) is 10.7. The minimum Gasteiger partial charge on any atom is -0.497 e. The molecular formula is C20H22N2O3. The molecule has 0 bridgehead atoms. The summed E-state index contributed by atoms with van der Waals surface area (Å²) in [4.78, 5) is 15.5. The molecule has 0 saturated carbocycles. The lowest BCUT2D eigenvalue weighted by molar-refractivity contribution is 0.0943. The summed E-state index contributed by atoms with van der Waals surface area (Å²) >= 11 is 0. The molecule has 25 heavy (non-hydrogen) atoms. The molecule has 3 aromatic rings. The summed E-state index contributed by atoms with van der Waals surface area (Å²) in [6, 6.07) is 13.4. The number of H-pyrrole nitrogens is 1. The second-order valence-electron chi connectivity index (χ2n) is 6.01. The molecule has 5 nitrogen and oxygen atoms in total. The number of nitrogens with one attached hydrogen (secondary N) is 2. The zero-order valence-corrected chi connectivity index (χ0v) is 14.7. The molecule has 0 aliphatic rings. The van der Waals surface area contributed by atoms with Gasteiger partial charge in [-0.1, -0.05) is 12.1 Å². The van der Waals surface area contributed by atoms with Crippen molar-refractivity contribution in [3.8, 4) is 11.5 Å². The van der Waals surface area contributed by atoms with Crippen molar-refractivity contribution >= 4 is 16.8 Å². The fourth-order valence-electron chi connectivity index (χ4n) is 2.84. The highest BCUT2D eigenvalue weighted by Gasteiger charge is 2.10. The maximum absolute atomic E-state index is 12.3. The van der Waals surface area contributed by atoms with Gasteiger partial charge >= 0.3 is 0 Å². The van der Waals surface area contributed by atoms with Gasteiger partial charge in [0.15, 0.2) is 0 Å². The standard InChI is InChI=1S/C20H22N2O3/c1-13-9-14(2)17-12-19(22-18(17)10-13)20(23)21-7-8-25-16-6-4-5-15(11-16)24-3/h4-6,9-12,22H,7-8H2,1-3H3,(H,21,23). The van der Waals surface area contributed by atoms with Crippen molar-refractivity contribution in [1.82, 2.24) is 10.3 Å². The van der Waals surface area contributed by atoms with Crippen LogP contribution in [0.1, 0.15) is 21.6 Å². The maximum atomic E-state index is 12.3. The zero-order chi connectivity index (χ0) is 17.8. The molecule has 2 aromatic carbocycles. The van der Waals surface area contributed by atoms with Gasteiger partial charge in [-0.15, -0.1) is 0 Å². The second kappa shape index (κ2) is 7.30. The van der Waals surface area contributed by atoms with Gasteiger partial charge in [-0.05, 0) is 49.2 Å². The van der Waals surface area contributed by atoms with Crippen molar-refractivity contribution in [2.24, 2.45) is 0 Å². The monoisotopic (exact) mass is 338 g/mol. The predicted molar refractivity (Wildman–Crippen MR) is 98.6 cm³/mol. The number of methoxy groups -OCH3 is 1. The van der Waals surface area contributed by atoms with E-state index in [9.17, 15) is 4.79 Å². The van der Waals surface area contributed by atoms with E-state index in [1.54, 1.807) is 7.11 Å². The van der Waals surface area contributed by atoms with Crippen LogP contribution in [0.15, 0.2) is 42.5 Å². The third-order valence-electron chi connectivity index (χ3n) is 4.03. The Bertz CT molecular complexity index is 899. The van der Waals surface area contributed by atoms with Crippen LogP contribution in [0.25, 0.3) is 10.9 Å². The Morgan fingerprint density at radius 2 is 1.92 bits per heavy atom. The Balaban J connectivity index is 1.56. The van der Waals surface area contributed by atoms with E-state index in [4.69, 9.17) is 9.47 Å². The highest BCUT2D eigenvalue weighted by Crippen LogP contribution is 2.21. The van der Waals surface area contributed by atoms with E-state index in [0.717, 1.165) is 22.2 Å². The number of aryl methyl sites for hydroxylation is 2. The molecule has 0 aliphatic heterocycles. The van der Waals surface area contributed by atoms with Crippen LogP contribution in [0.5, 0.6) is 11.5 Å². The number of hydrogen-bond donors (Lipinski definition) is 2. The molecule has 0 saturated heterocycles. The number of rotatable bonds is 6. The van der Waals surface area contributed by atoms with Crippen molar-refractivity contribution in [3.63, 3.8) is 0 Å². The molecule has 0 atom stereocenters. The van der Waals surface area contributed by atoms with Crippen LogP contribution < -0.4 is 14.8 Å². The van der Waals surface area contributed by atoms with E-state index in [-0.39, 0.29) is 5.91 Å². The Labute approximate surface area is 147 Å². The van der Waals surface area contributed by atoms with Crippen LogP contribution in [0.2, 0.25) is 0 Å². The van der Waals surface area contributed by atoms with Gasteiger partial charge in [0.05, 0.1) is 13.7 Å². The molecule has 0 aliphatic carbocycles. The minimum absolute atomic E-state index is 0.137. The Kier molecular flexibility index (Phi) is 4.93. The topological polar surface area (TPSA) is 63.4 Å². The molecule has 1 amide bonds. The predicted octanol–water partition coefficient (Wildman–Crippen LogP) is 3.60. The lowest BCUT2D eigenvalue weighted by atomic mass is 10.1. The Morgan fingerprint density at radius 3 is 2.72 bits per heavy atom. The summed E-state index contributed by atoms with van der Waals surface area (Å²) in [5.41, 5.74) is 3.87. The number of carbonyl (C=O) groups is 1. The number of aromatic nitrogens is 1. The molecule has 3 rings (SSSR count). The first kappa shape index (κ1) is 16.9. The lowest BCUT2D eigenvalue weighted by Crippen LogP contribution is -2.28. The smallest absolute Gasteiger partial charge is 0.267 e. The molecule has 1 heterocycles. The molecular weight excluding hydrogens is 316 g/mol. The first-order valence-electron chi connectivity index (χ1n) is 8.22. The third kappa shape index (κ3) is 3.94. The van der Waals surface area contributed by atoms with Gasteiger partial charge in [-0.2, -0.15) is 0 Å².